The van der Waals surface area contributed by atoms with E-state index in [0.29, 0.717) is 23.9 Å². The van der Waals surface area contributed by atoms with Gasteiger partial charge in [-0.25, -0.2) is 0 Å². The second kappa shape index (κ2) is 67.4. The highest BCUT2D eigenvalue weighted by molar-refractivity contribution is 5.70. The van der Waals surface area contributed by atoms with Crippen LogP contribution in [0.1, 0.15) is 284 Å². The maximum absolute atomic E-state index is 12.9. The van der Waals surface area contributed by atoms with Gasteiger partial charge >= 0.3 is 11.9 Å². The Labute approximate surface area is 535 Å². The molecule has 0 rings (SSSR count). The highest BCUT2D eigenvalue weighted by Gasteiger charge is 2.22. The SMILES string of the molecule is CC/C=C\C/C=C\C/C=C\C/C=C\C/C=C\C/C=C\C/C=C\C/C=C\C/C=C\CCCC(=O)OC(COC(=O)CCCCCCCCCCCCCCCCCCCCCCC/C=C\C/C=C\CCCCCCC)COC(OCC[N+](C)(C)C)C(=O)[O-]. The highest BCUT2D eigenvalue weighted by Crippen LogP contribution is 2.17. The normalized spacial score (nSPS) is 13.5. The molecule has 0 spiro atoms. The molecule has 2 unspecified atom stereocenters. The molecule has 9 heteroatoms. The van der Waals surface area contributed by atoms with Crippen LogP contribution in [0, 0.1) is 0 Å². The molecule has 0 heterocycles. The lowest BCUT2D eigenvalue weighted by molar-refractivity contribution is -0.870. The molecule has 0 saturated heterocycles. The number of quaternary nitrogens is 1. The summed E-state index contributed by atoms with van der Waals surface area (Å²) >= 11 is 0. The van der Waals surface area contributed by atoms with Crippen LogP contribution in [0.4, 0.5) is 0 Å². The number of likely N-dealkylation sites (N-methyl/N-ethyl adjacent to an activating group) is 1. The second-order valence-corrected chi connectivity index (χ2v) is 24.4. The van der Waals surface area contributed by atoms with Crippen LogP contribution < -0.4 is 5.11 Å². The lowest BCUT2D eigenvalue weighted by atomic mass is 10.0. The Hall–Kier alpha value is -4.57. The van der Waals surface area contributed by atoms with E-state index in [1.54, 1.807) is 0 Å². The number of aliphatic carboxylic acids is 1. The van der Waals surface area contributed by atoms with Crippen LogP contribution in [0.3, 0.4) is 0 Å². The molecule has 2 atom stereocenters. The van der Waals surface area contributed by atoms with E-state index in [0.717, 1.165) is 83.5 Å². The van der Waals surface area contributed by atoms with E-state index >= 15 is 0 Å². The zero-order valence-electron chi connectivity index (χ0n) is 56.6. The molecule has 0 bridgehead atoms. The predicted octanol–water partition coefficient (Wildman–Crippen LogP) is 20.8. The number of rotatable bonds is 64. The van der Waals surface area contributed by atoms with E-state index < -0.39 is 24.3 Å². The van der Waals surface area contributed by atoms with Crippen molar-refractivity contribution in [1.82, 2.24) is 0 Å². The van der Waals surface area contributed by atoms with E-state index in [-0.39, 0.29) is 38.6 Å². The minimum Gasteiger partial charge on any atom is -0.545 e. The molecule has 9 nitrogen and oxygen atoms in total. The third kappa shape index (κ3) is 68.8. The van der Waals surface area contributed by atoms with Crippen molar-refractivity contribution in [2.45, 2.75) is 296 Å². The minimum absolute atomic E-state index is 0.131. The Morgan fingerprint density at radius 3 is 1.01 bits per heavy atom. The molecule has 0 fully saturated rings. The topological polar surface area (TPSA) is 111 Å². The number of hydrogen-bond donors (Lipinski definition) is 0. The summed E-state index contributed by atoms with van der Waals surface area (Å²) in [5.41, 5.74) is 0. The molecule has 0 aliphatic carbocycles. The first-order chi connectivity index (χ1) is 42.6. The van der Waals surface area contributed by atoms with Gasteiger partial charge in [-0.3, -0.25) is 9.59 Å². The number of carboxylic acid groups (broad SMARTS) is 1. The monoisotopic (exact) mass is 1210 g/mol. The van der Waals surface area contributed by atoms with Crippen molar-refractivity contribution in [1.29, 1.82) is 0 Å². The summed E-state index contributed by atoms with van der Waals surface area (Å²) < 4.78 is 22.7. The average molecular weight is 1210 g/mol. The lowest BCUT2D eigenvalue weighted by Crippen LogP contribution is -2.44. The van der Waals surface area contributed by atoms with Crippen LogP contribution in [0.2, 0.25) is 0 Å². The number of unbranched alkanes of at least 4 members (excludes halogenated alkanes) is 27. The van der Waals surface area contributed by atoms with E-state index in [9.17, 15) is 19.5 Å². The molecule has 87 heavy (non-hydrogen) atoms. The Bertz CT molecular complexity index is 1890. The highest BCUT2D eigenvalue weighted by atomic mass is 16.7. The number of carbonyl (C=O) groups excluding carboxylic acids is 3. The van der Waals surface area contributed by atoms with Gasteiger partial charge in [0.05, 0.1) is 40.3 Å². The molecule has 0 aromatic carbocycles. The van der Waals surface area contributed by atoms with E-state index in [2.05, 4.69) is 148 Å². The van der Waals surface area contributed by atoms with Gasteiger partial charge in [0, 0.05) is 12.8 Å². The molecule has 0 saturated carbocycles. The first-order valence-corrected chi connectivity index (χ1v) is 35.3. The number of esters is 2. The lowest BCUT2D eigenvalue weighted by Gasteiger charge is -2.26. The van der Waals surface area contributed by atoms with E-state index in [4.69, 9.17) is 18.9 Å². The fourth-order valence-corrected chi connectivity index (χ4v) is 9.51. The summed E-state index contributed by atoms with van der Waals surface area (Å²) in [6, 6.07) is 0. The van der Waals surface area contributed by atoms with Crippen LogP contribution in [-0.4, -0.2) is 82.3 Å². The van der Waals surface area contributed by atoms with Gasteiger partial charge < -0.3 is 33.3 Å². The molecule has 0 N–H and O–H groups in total. The fraction of sp³-hybridized carbons (Fsp3) is 0.679. The Morgan fingerprint density at radius 2 is 0.667 bits per heavy atom. The summed E-state index contributed by atoms with van der Waals surface area (Å²) in [6.07, 6.45) is 94.1. The number of ether oxygens (including phenoxy) is 4. The second-order valence-electron chi connectivity index (χ2n) is 24.4. The van der Waals surface area contributed by atoms with Crippen molar-refractivity contribution in [2.24, 2.45) is 0 Å². The van der Waals surface area contributed by atoms with Crippen LogP contribution in [0.25, 0.3) is 0 Å². The Kier molecular flexibility index (Phi) is 63.8. The number of nitrogens with zero attached hydrogens (tertiary/aromatic N) is 1. The molecule has 0 aliphatic rings. The maximum Gasteiger partial charge on any atom is 0.306 e. The van der Waals surface area contributed by atoms with Crippen molar-refractivity contribution >= 4 is 17.9 Å². The van der Waals surface area contributed by atoms with Gasteiger partial charge in [-0.1, -0.05) is 295 Å². The van der Waals surface area contributed by atoms with Crippen LogP contribution in [0.5, 0.6) is 0 Å². The summed E-state index contributed by atoms with van der Waals surface area (Å²) in [7, 11) is 5.90. The standard InChI is InChI=1S/C78H131NO8/c1-6-8-10-12-14-16-18-20-22-24-26-28-30-32-34-36-37-38-39-41-42-44-46-48-50-52-54-56-58-60-62-64-66-68-75(80)85-72-74(73-86-78(77(82)83)84-71-70-79(3,4)5)87-76(81)69-67-65-63-61-59-57-55-53-51-49-47-45-43-40-35-33-31-29-27-25-23-21-19-17-15-13-11-9-7-2/h9,11,15,17-18,20-21,23-24,26-27,29,33,35,43,45,49,51,55,57,61,63,74,78H,6-8,10,12-14,16,19,22,25,28,30-32,34,36-42,44,46-48,50,52-54,56,58-60,62,64-73H2,1-5H3/b11-9-,17-15-,20-18-,23-21-,26-24-,29-27-,35-33-,45-43-,51-49-,57-55-,63-61-. The van der Waals surface area contributed by atoms with Gasteiger partial charge in [-0.05, 0) is 109 Å². The minimum atomic E-state index is -1.65. The van der Waals surface area contributed by atoms with Crippen molar-refractivity contribution < 1.29 is 42.9 Å². The third-order valence-electron chi connectivity index (χ3n) is 14.9. The average Bonchev–Trinajstić information content (AvgIpc) is 3.57. The zero-order valence-corrected chi connectivity index (χ0v) is 56.6. The van der Waals surface area contributed by atoms with Gasteiger partial charge in [0.2, 0.25) is 0 Å². The summed E-state index contributed by atoms with van der Waals surface area (Å²) in [4.78, 5) is 37.5. The molecular formula is C78H131NO8. The number of carbonyl (C=O) groups is 3. The third-order valence-corrected chi connectivity index (χ3v) is 14.9. The van der Waals surface area contributed by atoms with Crippen molar-refractivity contribution in [3.05, 3.63) is 134 Å². The smallest absolute Gasteiger partial charge is 0.306 e. The van der Waals surface area contributed by atoms with Crippen LogP contribution in [-0.2, 0) is 33.3 Å². The molecule has 496 valence electrons. The largest absolute Gasteiger partial charge is 0.545 e. The van der Waals surface area contributed by atoms with E-state index in [1.165, 1.54) is 161 Å². The predicted molar refractivity (Wildman–Crippen MR) is 370 cm³/mol. The first-order valence-electron chi connectivity index (χ1n) is 35.3. The van der Waals surface area contributed by atoms with Crippen LogP contribution >= 0.6 is 0 Å². The molecule has 0 aromatic heterocycles. The van der Waals surface area contributed by atoms with Gasteiger partial charge in [0.15, 0.2) is 12.4 Å². The van der Waals surface area contributed by atoms with Gasteiger partial charge in [-0.2, -0.15) is 0 Å². The van der Waals surface area contributed by atoms with Gasteiger partial charge in [0.25, 0.3) is 0 Å². The number of allylic oxidation sites excluding steroid dienone is 22. The fourth-order valence-electron chi connectivity index (χ4n) is 9.51. The van der Waals surface area contributed by atoms with E-state index in [1.807, 2.05) is 21.1 Å². The van der Waals surface area contributed by atoms with Crippen LogP contribution in [0.15, 0.2) is 134 Å². The molecule has 0 aliphatic heterocycles. The summed E-state index contributed by atoms with van der Waals surface area (Å²) in [5.74, 6) is -2.37. The molecule has 0 aromatic rings. The molecular weight excluding hydrogens is 1080 g/mol. The van der Waals surface area contributed by atoms with Crippen molar-refractivity contribution in [3.8, 4) is 0 Å². The quantitative estimate of drug-likeness (QED) is 0.0195. The maximum atomic E-state index is 12.9. The zero-order chi connectivity index (χ0) is 63.3. The van der Waals surface area contributed by atoms with Crippen molar-refractivity contribution in [2.75, 3.05) is 47.5 Å². The summed E-state index contributed by atoms with van der Waals surface area (Å²) in [5, 5.41) is 11.8. The summed E-state index contributed by atoms with van der Waals surface area (Å²) in [6.45, 7) is 4.57. The van der Waals surface area contributed by atoms with Gasteiger partial charge in [0.1, 0.15) is 13.2 Å². The molecule has 0 amide bonds. The van der Waals surface area contributed by atoms with Crippen molar-refractivity contribution in [3.63, 3.8) is 0 Å². The Morgan fingerprint density at radius 1 is 0.356 bits per heavy atom. The number of carboxylic acids is 1. The molecule has 0 radical (unpaired) electrons. The Balaban J connectivity index is 4.20. The van der Waals surface area contributed by atoms with Gasteiger partial charge in [-0.15, -0.1) is 0 Å². The first kappa shape index (κ1) is 82.4. The number of hydrogen-bond acceptors (Lipinski definition) is 8.